The van der Waals surface area contributed by atoms with Gasteiger partial charge in [0.15, 0.2) is 0 Å². The maximum atomic E-state index is 12.3. The van der Waals surface area contributed by atoms with E-state index >= 15 is 0 Å². The van der Waals surface area contributed by atoms with Crippen molar-refractivity contribution in [2.24, 2.45) is 0 Å². The molecule has 2 atom stereocenters. The van der Waals surface area contributed by atoms with Gasteiger partial charge in [0.25, 0.3) is 0 Å². The highest BCUT2D eigenvalue weighted by molar-refractivity contribution is 5.76. The standard InChI is InChI=1S/C16H29N3O3/c1-12-10-19(13(2)20)11-14(17-12)4-5-15(21)18-8-6-16(3,22)7-9-18/h12,14,17,22H,4-11H2,1-3H3. The van der Waals surface area contributed by atoms with E-state index in [9.17, 15) is 14.7 Å². The fourth-order valence-electron chi connectivity index (χ4n) is 3.30. The van der Waals surface area contributed by atoms with Gasteiger partial charge in [-0.05, 0) is 33.1 Å². The number of hydrogen-bond donors (Lipinski definition) is 2. The Bertz CT molecular complexity index is 415. The monoisotopic (exact) mass is 311 g/mol. The Morgan fingerprint density at radius 2 is 1.86 bits per heavy atom. The van der Waals surface area contributed by atoms with E-state index in [0.29, 0.717) is 38.9 Å². The zero-order valence-corrected chi connectivity index (χ0v) is 14.0. The predicted octanol–water partition coefficient (Wildman–Crippen LogP) is 0.349. The molecule has 0 aromatic heterocycles. The van der Waals surface area contributed by atoms with Crippen molar-refractivity contribution in [3.05, 3.63) is 0 Å². The van der Waals surface area contributed by atoms with Crippen molar-refractivity contribution in [3.63, 3.8) is 0 Å². The zero-order chi connectivity index (χ0) is 16.3. The Hall–Kier alpha value is -1.14. The van der Waals surface area contributed by atoms with Crippen molar-refractivity contribution >= 4 is 11.8 Å². The van der Waals surface area contributed by atoms with Crippen LogP contribution in [0.1, 0.15) is 46.5 Å². The molecule has 6 nitrogen and oxygen atoms in total. The second kappa shape index (κ2) is 6.96. The largest absolute Gasteiger partial charge is 0.390 e. The molecule has 0 radical (unpaired) electrons. The minimum absolute atomic E-state index is 0.0999. The Morgan fingerprint density at radius 1 is 1.23 bits per heavy atom. The van der Waals surface area contributed by atoms with Crippen molar-refractivity contribution < 1.29 is 14.7 Å². The topological polar surface area (TPSA) is 72.9 Å². The Labute approximate surface area is 132 Å². The molecule has 2 aliphatic rings. The molecule has 6 heteroatoms. The Kier molecular flexibility index (Phi) is 5.45. The number of piperidine rings is 1. The van der Waals surface area contributed by atoms with Gasteiger partial charge in [-0.15, -0.1) is 0 Å². The summed E-state index contributed by atoms with van der Waals surface area (Å²) in [5.74, 6) is 0.257. The molecular weight excluding hydrogens is 282 g/mol. The summed E-state index contributed by atoms with van der Waals surface area (Å²) in [5, 5.41) is 13.4. The third kappa shape index (κ3) is 4.68. The van der Waals surface area contributed by atoms with Crippen LogP contribution in [0.15, 0.2) is 0 Å². The van der Waals surface area contributed by atoms with E-state index in [2.05, 4.69) is 12.2 Å². The fraction of sp³-hybridized carbons (Fsp3) is 0.875. The number of aliphatic hydroxyl groups is 1. The summed E-state index contributed by atoms with van der Waals surface area (Å²) in [6, 6.07) is 0.451. The maximum Gasteiger partial charge on any atom is 0.222 e. The zero-order valence-electron chi connectivity index (χ0n) is 14.0. The van der Waals surface area contributed by atoms with Crippen LogP contribution in [0, 0.1) is 0 Å². The van der Waals surface area contributed by atoms with Crippen LogP contribution in [-0.2, 0) is 9.59 Å². The molecule has 0 aliphatic carbocycles. The molecule has 2 amide bonds. The van der Waals surface area contributed by atoms with Gasteiger partial charge >= 0.3 is 0 Å². The summed E-state index contributed by atoms with van der Waals surface area (Å²) in [7, 11) is 0. The number of likely N-dealkylation sites (tertiary alicyclic amines) is 1. The molecular formula is C16H29N3O3. The lowest BCUT2D eigenvalue weighted by Crippen LogP contribution is -2.56. The first-order valence-corrected chi connectivity index (χ1v) is 8.28. The van der Waals surface area contributed by atoms with Crippen molar-refractivity contribution in [2.45, 2.75) is 64.1 Å². The number of amides is 2. The van der Waals surface area contributed by atoms with Gasteiger partial charge in [-0.1, -0.05) is 0 Å². The van der Waals surface area contributed by atoms with E-state index in [4.69, 9.17) is 0 Å². The number of piperazine rings is 1. The lowest BCUT2D eigenvalue weighted by atomic mass is 9.93. The summed E-state index contributed by atoms with van der Waals surface area (Å²) in [5.41, 5.74) is -0.626. The van der Waals surface area contributed by atoms with Gasteiger partial charge in [-0.2, -0.15) is 0 Å². The van der Waals surface area contributed by atoms with Crippen molar-refractivity contribution in [2.75, 3.05) is 26.2 Å². The van der Waals surface area contributed by atoms with Crippen molar-refractivity contribution in [1.82, 2.24) is 15.1 Å². The third-order valence-electron chi connectivity index (χ3n) is 4.80. The van der Waals surface area contributed by atoms with Gasteiger partial charge in [-0.25, -0.2) is 0 Å². The Balaban J connectivity index is 1.77. The van der Waals surface area contributed by atoms with Crippen molar-refractivity contribution in [1.29, 1.82) is 0 Å². The molecule has 0 saturated carbocycles. The molecule has 2 rings (SSSR count). The van der Waals surface area contributed by atoms with Crippen LogP contribution in [0.4, 0.5) is 0 Å². The number of hydrogen-bond acceptors (Lipinski definition) is 4. The molecule has 2 aliphatic heterocycles. The molecule has 0 spiro atoms. The number of nitrogens with one attached hydrogen (secondary N) is 1. The van der Waals surface area contributed by atoms with Crippen LogP contribution in [0.2, 0.25) is 0 Å². The smallest absolute Gasteiger partial charge is 0.222 e. The minimum Gasteiger partial charge on any atom is -0.390 e. The average Bonchev–Trinajstić information content (AvgIpc) is 2.44. The van der Waals surface area contributed by atoms with E-state index in [1.165, 1.54) is 0 Å². The molecule has 2 heterocycles. The van der Waals surface area contributed by atoms with E-state index in [1.54, 1.807) is 6.92 Å². The number of nitrogens with zero attached hydrogens (tertiary/aromatic N) is 2. The summed E-state index contributed by atoms with van der Waals surface area (Å²) < 4.78 is 0. The fourth-order valence-corrected chi connectivity index (χ4v) is 3.30. The molecule has 2 unspecified atom stereocenters. The van der Waals surface area contributed by atoms with E-state index in [-0.39, 0.29) is 23.9 Å². The van der Waals surface area contributed by atoms with E-state index in [0.717, 1.165) is 13.0 Å². The normalized spacial score (nSPS) is 28.5. The summed E-state index contributed by atoms with van der Waals surface area (Å²) in [6.45, 7) is 8.19. The van der Waals surface area contributed by atoms with Crippen LogP contribution in [-0.4, -0.2) is 70.6 Å². The van der Waals surface area contributed by atoms with Gasteiger partial charge in [0, 0.05) is 51.6 Å². The number of carbonyl (C=O) groups excluding carboxylic acids is 2. The predicted molar refractivity (Wildman–Crippen MR) is 84.3 cm³/mol. The van der Waals surface area contributed by atoms with Crippen LogP contribution >= 0.6 is 0 Å². The lowest BCUT2D eigenvalue weighted by Gasteiger charge is -2.38. The number of rotatable bonds is 3. The summed E-state index contributed by atoms with van der Waals surface area (Å²) >= 11 is 0. The first-order valence-electron chi connectivity index (χ1n) is 8.28. The second-order valence-corrected chi connectivity index (χ2v) is 7.11. The SMILES string of the molecule is CC(=O)N1CC(C)NC(CCC(=O)N2CCC(C)(O)CC2)C1. The van der Waals surface area contributed by atoms with Crippen LogP contribution < -0.4 is 5.32 Å². The Morgan fingerprint density at radius 3 is 2.45 bits per heavy atom. The molecule has 2 N–H and O–H groups in total. The van der Waals surface area contributed by atoms with Gasteiger partial charge in [0.05, 0.1) is 5.60 Å². The molecule has 126 valence electrons. The first-order chi connectivity index (χ1) is 10.3. The van der Waals surface area contributed by atoms with Crippen LogP contribution in [0.5, 0.6) is 0 Å². The second-order valence-electron chi connectivity index (χ2n) is 7.11. The van der Waals surface area contributed by atoms with Crippen LogP contribution in [0.25, 0.3) is 0 Å². The molecule has 0 aromatic carbocycles. The van der Waals surface area contributed by atoms with Crippen LogP contribution in [0.3, 0.4) is 0 Å². The minimum atomic E-state index is -0.626. The van der Waals surface area contributed by atoms with Gasteiger partial charge in [0.2, 0.25) is 11.8 Å². The highest BCUT2D eigenvalue weighted by atomic mass is 16.3. The third-order valence-corrected chi connectivity index (χ3v) is 4.80. The summed E-state index contributed by atoms with van der Waals surface area (Å²) in [6.07, 6.45) is 2.54. The quantitative estimate of drug-likeness (QED) is 0.789. The summed E-state index contributed by atoms with van der Waals surface area (Å²) in [4.78, 5) is 27.5. The van der Waals surface area contributed by atoms with Crippen molar-refractivity contribution in [3.8, 4) is 0 Å². The van der Waals surface area contributed by atoms with Gasteiger partial charge in [0.1, 0.15) is 0 Å². The van der Waals surface area contributed by atoms with Gasteiger partial charge < -0.3 is 20.2 Å². The van der Waals surface area contributed by atoms with E-state index < -0.39 is 5.60 Å². The number of carbonyl (C=O) groups is 2. The average molecular weight is 311 g/mol. The van der Waals surface area contributed by atoms with E-state index in [1.807, 2.05) is 16.7 Å². The highest BCUT2D eigenvalue weighted by Gasteiger charge is 2.30. The molecule has 0 aromatic rings. The molecule has 22 heavy (non-hydrogen) atoms. The first kappa shape index (κ1) is 17.2. The lowest BCUT2D eigenvalue weighted by molar-refractivity contribution is -0.135. The molecule has 2 saturated heterocycles. The highest BCUT2D eigenvalue weighted by Crippen LogP contribution is 2.22. The maximum absolute atomic E-state index is 12.3. The molecule has 2 fully saturated rings. The van der Waals surface area contributed by atoms with Gasteiger partial charge in [-0.3, -0.25) is 9.59 Å². The molecule has 0 bridgehead atoms.